The quantitative estimate of drug-likeness (QED) is 0.852. The number of halogens is 1. The van der Waals surface area contributed by atoms with Gasteiger partial charge in [0.25, 0.3) is 5.91 Å². The Morgan fingerprint density at radius 1 is 1.40 bits per heavy atom. The molecule has 0 saturated heterocycles. The van der Waals surface area contributed by atoms with Crippen LogP contribution in [0.4, 0.5) is 0 Å². The van der Waals surface area contributed by atoms with Crippen LogP contribution in [0.5, 0.6) is 11.5 Å². The standard InChI is InChI=1S/C17H21ClN4O3/c1-10(2)25-16-12(18)7-11(8-13(16)24-3)17(23)19-9-15-21-20-14-5-4-6-22(14)15/h7-8,10H,4-6,9H2,1-3H3,(H,19,23). The van der Waals surface area contributed by atoms with Gasteiger partial charge < -0.3 is 19.4 Å². The summed E-state index contributed by atoms with van der Waals surface area (Å²) in [7, 11) is 1.51. The van der Waals surface area contributed by atoms with Crippen LogP contribution in [-0.4, -0.2) is 33.9 Å². The first-order chi connectivity index (χ1) is 12.0. The number of aromatic nitrogens is 3. The van der Waals surface area contributed by atoms with Crippen LogP contribution in [0.15, 0.2) is 12.1 Å². The van der Waals surface area contributed by atoms with E-state index in [1.54, 1.807) is 12.1 Å². The molecular weight excluding hydrogens is 344 g/mol. The Labute approximate surface area is 151 Å². The van der Waals surface area contributed by atoms with Gasteiger partial charge in [-0.2, -0.15) is 0 Å². The Hall–Kier alpha value is -2.28. The van der Waals surface area contributed by atoms with Gasteiger partial charge in [0.15, 0.2) is 17.3 Å². The first-order valence-corrected chi connectivity index (χ1v) is 8.60. The van der Waals surface area contributed by atoms with E-state index in [1.807, 2.05) is 18.4 Å². The van der Waals surface area contributed by atoms with Crippen molar-refractivity contribution in [3.05, 3.63) is 34.4 Å². The summed E-state index contributed by atoms with van der Waals surface area (Å²) in [5, 5.41) is 11.4. The number of methoxy groups -OCH3 is 1. The second-order valence-electron chi connectivity index (χ2n) is 6.13. The lowest BCUT2D eigenvalue weighted by Crippen LogP contribution is -2.24. The molecule has 2 heterocycles. The van der Waals surface area contributed by atoms with Crippen molar-refractivity contribution in [1.29, 1.82) is 0 Å². The number of ether oxygens (including phenoxy) is 2. The van der Waals surface area contributed by atoms with Gasteiger partial charge in [-0.05, 0) is 32.4 Å². The van der Waals surface area contributed by atoms with Crippen molar-refractivity contribution in [2.24, 2.45) is 0 Å². The van der Waals surface area contributed by atoms with Crippen LogP contribution in [0, 0.1) is 0 Å². The molecule has 25 heavy (non-hydrogen) atoms. The second kappa shape index (κ2) is 7.31. The highest BCUT2D eigenvalue weighted by molar-refractivity contribution is 6.32. The molecule has 0 atom stereocenters. The van der Waals surface area contributed by atoms with E-state index in [1.165, 1.54) is 7.11 Å². The topological polar surface area (TPSA) is 78.3 Å². The SMILES string of the molecule is COc1cc(C(=O)NCc2nnc3n2CCC3)cc(Cl)c1OC(C)C. The summed E-state index contributed by atoms with van der Waals surface area (Å²) < 4.78 is 13.0. The van der Waals surface area contributed by atoms with Crippen molar-refractivity contribution in [2.75, 3.05) is 7.11 Å². The fraction of sp³-hybridized carbons (Fsp3) is 0.471. The largest absolute Gasteiger partial charge is 0.493 e. The number of benzene rings is 1. The minimum atomic E-state index is -0.258. The van der Waals surface area contributed by atoms with Crippen molar-refractivity contribution < 1.29 is 14.3 Å². The lowest BCUT2D eigenvalue weighted by molar-refractivity contribution is 0.0949. The van der Waals surface area contributed by atoms with Crippen LogP contribution < -0.4 is 14.8 Å². The molecule has 1 N–H and O–H groups in total. The summed E-state index contributed by atoms with van der Waals surface area (Å²) in [4.78, 5) is 12.5. The lowest BCUT2D eigenvalue weighted by atomic mass is 10.2. The van der Waals surface area contributed by atoms with Gasteiger partial charge in [0.2, 0.25) is 0 Å². The van der Waals surface area contributed by atoms with Gasteiger partial charge in [0, 0.05) is 18.5 Å². The average molecular weight is 365 g/mol. The zero-order valence-electron chi connectivity index (χ0n) is 14.5. The number of rotatable bonds is 6. The van der Waals surface area contributed by atoms with Crippen molar-refractivity contribution in [2.45, 2.75) is 45.9 Å². The number of fused-ring (bicyclic) bond motifs is 1. The number of carbonyl (C=O) groups excluding carboxylic acids is 1. The van der Waals surface area contributed by atoms with E-state index >= 15 is 0 Å². The molecule has 0 radical (unpaired) electrons. The number of nitrogens with zero attached hydrogens (tertiary/aromatic N) is 3. The van der Waals surface area contributed by atoms with Crippen molar-refractivity contribution in [1.82, 2.24) is 20.1 Å². The van der Waals surface area contributed by atoms with E-state index in [4.69, 9.17) is 21.1 Å². The Morgan fingerprint density at radius 3 is 2.92 bits per heavy atom. The average Bonchev–Trinajstić information content (AvgIpc) is 3.17. The monoisotopic (exact) mass is 364 g/mol. The van der Waals surface area contributed by atoms with Gasteiger partial charge in [0.05, 0.1) is 24.8 Å². The summed E-state index contributed by atoms with van der Waals surface area (Å²) in [6.45, 7) is 5.01. The van der Waals surface area contributed by atoms with Crippen LogP contribution >= 0.6 is 11.6 Å². The maximum Gasteiger partial charge on any atom is 0.251 e. The van der Waals surface area contributed by atoms with Gasteiger partial charge in [0.1, 0.15) is 5.82 Å². The molecule has 1 amide bonds. The highest BCUT2D eigenvalue weighted by Gasteiger charge is 2.19. The summed E-state index contributed by atoms with van der Waals surface area (Å²) in [6, 6.07) is 3.19. The van der Waals surface area contributed by atoms with Crippen LogP contribution in [-0.2, 0) is 19.5 Å². The maximum atomic E-state index is 12.5. The first-order valence-electron chi connectivity index (χ1n) is 8.23. The molecule has 1 aromatic heterocycles. The third kappa shape index (κ3) is 3.71. The van der Waals surface area contributed by atoms with Crippen molar-refractivity contribution in [3.63, 3.8) is 0 Å². The Balaban J connectivity index is 1.74. The molecule has 3 rings (SSSR count). The van der Waals surface area contributed by atoms with E-state index in [9.17, 15) is 4.79 Å². The predicted octanol–water partition coefficient (Wildman–Crippen LogP) is 2.60. The van der Waals surface area contributed by atoms with E-state index < -0.39 is 0 Å². The second-order valence-corrected chi connectivity index (χ2v) is 6.53. The minimum Gasteiger partial charge on any atom is -0.493 e. The fourth-order valence-corrected chi connectivity index (χ4v) is 3.06. The minimum absolute atomic E-state index is 0.0545. The molecule has 2 aromatic rings. The molecule has 134 valence electrons. The third-order valence-corrected chi connectivity index (χ3v) is 4.22. The lowest BCUT2D eigenvalue weighted by Gasteiger charge is -2.16. The van der Waals surface area contributed by atoms with Crippen LogP contribution in [0.2, 0.25) is 5.02 Å². The summed E-state index contributed by atoms with van der Waals surface area (Å²) in [5.74, 6) is 2.34. The Bertz CT molecular complexity index is 788. The molecule has 0 saturated carbocycles. The van der Waals surface area contributed by atoms with Gasteiger partial charge in [-0.25, -0.2) is 0 Å². The summed E-state index contributed by atoms with van der Waals surface area (Å²) >= 11 is 6.27. The number of amides is 1. The molecule has 0 aliphatic carbocycles. The first kappa shape index (κ1) is 17.5. The predicted molar refractivity (Wildman–Crippen MR) is 93.3 cm³/mol. The number of hydrogen-bond donors (Lipinski definition) is 1. The normalized spacial score (nSPS) is 13.0. The van der Waals surface area contributed by atoms with E-state index in [2.05, 4.69) is 15.5 Å². The molecular formula is C17H21ClN4O3. The Morgan fingerprint density at radius 2 is 2.20 bits per heavy atom. The molecule has 1 aliphatic heterocycles. The smallest absolute Gasteiger partial charge is 0.251 e. The van der Waals surface area contributed by atoms with Gasteiger partial charge >= 0.3 is 0 Å². The highest BCUT2D eigenvalue weighted by Crippen LogP contribution is 2.37. The molecule has 1 aliphatic rings. The number of nitrogens with one attached hydrogen (secondary N) is 1. The van der Waals surface area contributed by atoms with Crippen LogP contribution in [0.3, 0.4) is 0 Å². The van der Waals surface area contributed by atoms with Gasteiger partial charge in [-0.15, -0.1) is 10.2 Å². The number of hydrogen-bond acceptors (Lipinski definition) is 5. The molecule has 0 fully saturated rings. The van der Waals surface area contributed by atoms with Crippen molar-refractivity contribution >= 4 is 17.5 Å². The highest BCUT2D eigenvalue weighted by atomic mass is 35.5. The van der Waals surface area contributed by atoms with E-state index in [0.717, 1.165) is 31.0 Å². The summed E-state index contributed by atoms with van der Waals surface area (Å²) in [6.07, 6.45) is 1.95. The van der Waals surface area contributed by atoms with E-state index in [0.29, 0.717) is 28.6 Å². The zero-order valence-corrected chi connectivity index (χ0v) is 15.3. The molecule has 8 heteroatoms. The molecule has 0 spiro atoms. The van der Waals surface area contributed by atoms with Crippen LogP contribution in [0.1, 0.15) is 42.3 Å². The maximum absolute atomic E-state index is 12.5. The molecule has 0 bridgehead atoms. The molecule has 1 aromatic carbocycles. The molecule has 0 unspecified atom stereocenters. The van der Waals surface area contributed by atoms with Gasteiger partial charge in [-0.1, -0.05) is 11.6 Å². The zero-order chi connectivity index (χ0) is 18.0. The van der Waals surface area contributed by atoms with Gasteiger partial charge in [-0.3, -0.25) is 4.79 Å². The number of carbonyl (C=O) groups is 1. The Kier molecular flexibility index (Phi) is 5.13. The van der Waals surface area contributed by atoms with Crippen LogP contribution in [0.25, 0.3) is 0 Å². The number of aryl methyl sites for hydroxylation is 1. The van der Waals surface area contributed by atoms with E-state index in [-0.39, 0.29) is 12.0 Å². The fourth-order valence-electron chi connectivity index (χ4n) is 2.80. The summed E-state index contributed by atoms with van der Waals surface area (Å²) in [5.41, 5.74) is 0.402. The van der Waals surface area contributed by atoms with Crippen molar-refractivity contribution in [3.8, 4) is 11.5 Å². The molecule has 7 nitrogen and oxygen atoms in total. The third-order valence-electron chi connectivity index (χ3n) is 3.94.